The van der Waals surface area contributed by atoms with Crippen molar-refractivity contribution >= 4 is 12.1 Å². The van der Waals surface area contributed by atoms with Crippen molar-refractivity contribution in [1.29, 1.82) is 0 Å². The molecule has 1 aromatic heterocycles. The van der Waals surface area contributed by atoms with Crippen LogP contribution in [0.2, 0.25) is 0 Å². The van der Waals surface area contributed by atoms with E-state index >= 15 is 0 Å². The van der Waals surface area contributed by atoms with Gasteiger partial charge in [0, 0.05) is 25.4 Å². The molecule has 0 fully saturated rings. The number of carbonyl (C=O) groups is 2. The van der Waals surface area contributed by atoms with E-state index in [-0.39, 0.29) is 18.3 Å². The minimum absolute atomic E-state index is 0.0883. The maximum Gasteiger partial charge on any atom is 0.408 e. The first-order valence-corrected chi connectivity index (χ1v) is 8.88. The van der Waals surface area contributed by atoms with Crippen LogP contribution in [0.25, 0.3) is 11.1 Å². The summed E-state index contributed by atoms with van der Waals surface area (Å²) in [7, 11) is 1.66. The fraction of sp³-hybridized carbons (Fsp3) is 0.190. The van der Waals surface area contributed by atoms with Crippen LogP contribution in [0.4, 0.5) is 4.79 Å². The molecule has 0 aliphatic heterocycles. The minimum atomic E-state index is -1.28. The van der Waals surface area contributed by atoms with Crippen LogP contribution in [0.15, 0.2) is 60.9 Å². The molecule has 3 aromatic rings. The topological polar surface area (TPSA) is 93.5 Å². The number of ether oxygens (including phenoxy) is 1. The number of fused-ring (bicyclic) bond motifs is 3. The minimum Gasteiger partial charge on any atom is -0.479 e. The predicted molar refractivity (Wildman–Crippen MR) is 102 cm³/mol. The van der Waals surface area contributed by atoms with E-state index in [0.29, 0.717) is 0 Å². The zero-order valence-electron chi connectivity index (χ0n) is 15.2. The van der Waals surface area contributed by atoms with Crippen molar-refractivity contribution in [1.82, 2.24) is 14.9 Å². The molecule has 1 heterocycles. The van der Waals surface area contributed by atoms with Crippen molar-refractivity contribution in [3.05, 3.63) is 77.9 Å². The third-order valence-electron chi connectivity index (χ3n) is 4.97. The van der Waals surface area contributed by atoms with Crippen molar-refractivity contribution in [3.8, 4) is 11.1 Å². The highest BCUT2D eigenvalue weighted by Crippen LogP contribution is 2.44. The van der Waals surface area contributed by atoms with Crippen LogP contribution in [0.3, 0.4) is 0 Å². The Morgan fingerprint density at radius 2 is 1.75 bits per heavy atom. The lowest BCUT2D eigenvalue weighted by Gasteiger charge is -2.17. The summed E-state index contributed by atoms with van der Waals surface area (Å²) in [6.07, 6.45) is 2.30. The molecule has 0 saturated heterocycles. The number of amides is 1. The van der Waals surface area contributed by atoms with Crippen LogP contribution in [0.5, 0.6) is 0 Å². The molecule has 1 atom stereocenters. The molecular weight excluding hydrogens is 358 g/mol. The van der Waals surface area contributed by atoms with Gasteiger partial charge in [-0.3, -0.25) is 0 Å². The Kier molecular flexibility index (Phi) is 4.57. The number of carboxylic acid groups (broad SMARTS) is 1. The van der Waals surface area contributed by atoms with Gasteiger partial charge in [0.05, 0.1) is 0 Å². The number of aliphatic carboxylic acids is 1. The third kappa shape index (κ3) is 3.11. The molecule has 0 bridgehead atoms. The smallest absolute Gasteiger partial charge is 0.408 e. The van der Waals surface area contributed by atoms with E-state index in [2.05, 4.69) is 22.4 Å². The fourth-order valence-electron chi connectivity index (χ4n) is 3.65. The average molecular weight is 377 g/mol. The van der Waals surface area contributed by atoms with Gasteiger partial charge in [0.25, 0.3) is 0 Å². The number of hydrogen-bond donors (Lipinski definition) is 2. The summed E-state index contributed by atoms with van der Waals surface area (Å²) in [5.41, 5.74) is 4.44. The van der Waals surface area contributed by atoms with Gasteiger partial charge in [0.2, 0.25) is 0 Å². The third-order valence-corrected chi connectivity index (χ3v) is 4.97. The van der Waals surface area contributed by atoms with E-state index in [0.717, 1.165) is 22.3 Å². The highest BCUT2D eigenvalue weighted by atomic mass is 16.5. The molecule has 7 nitrogen and oxygen atoms in total. The maximum absolute atomic E-state index is 12.3. The molecule has 2 N–H and O–H groups in total. The lowest BCUT2D eigenvalue weighted by Crippen LogP contribution is -2.36. The Bertz CT molecular complexity index is 998. The number of nitrogens with zero attached hydrogens (tertiary/aromatic N) is 2. The van der Waals surface area contributed by atoms with Crippen molar-refractivity contribution in [3.63, 3.8) is 0 Å². The average Bonchev–Trinajstić information content (AvgIpc) is 3.25. The van der Waals surface area contributed by atoms with E-state index in [9.17, 15) is 14.7 Å². The number of rotatable bonds is 5. The lowest BCUT2D eigenvalue weighted by molar-refractivity contribution is -0.139. The summed E-state index contributed by atoms with van der Waals surface area (Å²) in [5, 5.41) is 11.8. The zero-order valence-corrected chi connectivity index (χ0v) is 15.2. The number of alkyl carbamates (subject to hydrolysis) is 1. The van der Waals surface area contributed by atoms with E-state index in [1.165, 1.54) is 6.20 Å². The lowest BCUT2D eigenvalue weighted by atomic mass is 9.98. The van der Waals surface area contributed by atoms with Gasteiger partial charge in [0.15, 0.2) is 6.04 Å². The first-order chi connectivity index (χ1) is 13.6. The van der Waals surface area contributed by atoms with Crippen LogP contribution in [-0.4, -0.2) is 33.3 Å². The number of carbonyl (C=O) groups excluding carboxylic acids is 1. The number of imidazole rings is 1. The second-order valence-electron chi connectivity index (χ2n) is 6.64. The van der Waals surface area contributed by atoms with E-state index in [4.69, 9.17) is 4.74 Å². The van der Waals surface area contributed by atoms with Gasteiger partial charge in [-0.25, -0.2) is 14.6 Å². The van der Waals surface area contributed by atoms with E-state index < -0.39 is 18.1 Å². The summed E-state index contributed by atoms with van der Waals surface area (Å²) in [6, 6.07) is 14.7. The Morgan fingerprint density at radius 1 is 1.14 bits per heavy atom. The Balaban J connectivity index is 1.49. The quantitative estimate of drug-likeness (QED) is 0.713. The molecular formula is C21H19N3O4. The summed E-state index contributed by atoms with van der Waals surface area (Å²) < 4.78 is 6.95. The molecule has 0 saturated carbocycles. The second-order valence-corrected chi connectivity index (χ2v) is 6.64. The van der Waals surface area contributed by atoms with Crippen LogP contribution >= 0.6 is 0 Å². The Morgan fingerprint density at radius 3 is 2.29 bits per heavy atom. The van der Waals surface area contributed by atoms with Gasteiger partial charge in [-0.2, -0.15) is 0 Å². The van der Waals surface area contributed by atoms with Crippen LogP contribution in [0.1, 0.15) is 28.9 Å². The zero-order chi connectivity index (χ0) is 19.7. The molecule has 1 aliphatic carbocycles. The van der Waals surface area contributed by atoms with Gasteiger partial charge in [-0.15, -0.1) is 0 Å². The largest absolute Gasteiger partial charge is 0.479 e. The summed E-state index contributed by atoms with van der Waals surface area (Å²) in [4.78, 5) is 27.9. The predicted octanol–water partition coefficient (Wildman–Crippen LogP) is 3.08. The molecule has 1 amide bonds. The molecule has 0 spiro atoms. The first-order valence-electron chi connectivity index (χ1n) is 8.88. The molecule has 142 valence electrons. The van der Waals surface area contributed by atoms with Gasteiger partial charge >= 0.3 is 12.1 Å². The van der Waals surface area contributed by atoms with Gasteiger partial charge < -0.3 is 19.7 Å². The van der Waals surface area contributed by atoms with Gasteiger partial charge in [-0.1, -0.05) is 48.5 Å². The molecule has 1 unspecified atom stereocenters. The van der Waals surface area contributed by atoms with Crippen molar-refractivity contribution in [2.75, 3.05) is 6.61 Å². The van der Waals surface area contributed by atoms with Crippen molar-refractivity contribution in [2.45, 2.75) is 12.0 Å². The van der Waals surface area contributed by atoms with Crippen molar-refractivity contribution < 1.29 is 19.4 Å². The first kappa shape index (κ1) is 17.8. The molecule has 0 radical (unpaired) electrons. The summed E-state index contributed by atoms with van der Waals surface area (Å²) in [5.74, 6) is -1.07. The maximum atomic E-state index is 12.3. The van der Waals surface area contributed by atoms with Crippen LogP contribution in [0, 0.1) is 0 Å². The SMILES string of the molecule is Cn1ccnc1C(NC(=O)OCC1c2ccccc2-c2ccccc21)C(=O)O. The monoisotopic (exact) mass is 377 g/mol. The number of hydrogen-bond acceptors (Lipinski definition) is 4. The highest BCUT2D eigenvalue weighted by molar-refractivity contribution is 5.81. The molecule has 7 heteroatoms. The number of aryl methyl sites for hydroxylation is 1. The van der Waals surface area contributed by atoms with E-state index in [1.807, 2.05) is 36.4 Å². The number of benzene rings is 2. The standard InChI is InChI=1S/C21H19N3O4/c1-24-11-10-22-19(24)18(20(25)26)23-21(27)28-12-17-15-8-4-2-6-13(15)14-7-3-5-9-16(14)17/h2-11,17-18H,12H2,1H3,(H,23,27)(H,25,26). The number of nitrogens with one attached hydrogen (secondary N) is 1. The Labute approximate surface area is 161 Å². The molecule has 4 rings (SSSR count). The van der Waals surface area contributed by atoms with E-state index in [1.54, 1.807) is 17.8 Å². The fourth-order valence-corrected chi connectivity index (χ4v) is 3.65. The van der Waals surface area contributed by atoms with Gasteiger partial charge in [-0.05, 0) is 22.3 Å². The second kappa shape index (κ2) is 7.19. The summed E-state index contributed by atoms with van der Waals surface area (Å²) >= 11 is 0. The highest BCUT2D eigenvalue weighted by Gasteiger charge is 2.30. The molecule has 2 aromatic carbocycles. The van der Waals surface area contributed by atoms with Crippen LogP contribution < -0.4 is 5.32 Å². The summed E-state index contributed by atoms with van der Waals surface area (Å²) in [6.45, 7) is 0.118. The Hall–Kier alpha value is -3.61. The normalized spacial score (nSPS) is 13.5. The van der Waals surface area contributed by atoms with Crippen LogP contribution in [-0.2, 0) is 16.6 Å². The van der Waals surface area contributed by atoms with Gasteiger partial charge in [0.1, 0.15) is 12.4 Å². The molecule has 1 aliphatic rings. The molecule has 28 heavy (non-hydrogen) atoms. The number of aromatic nitrogens is 2. The van der Waals surface area contributed by atoms with Crippen molar-refractivity contribution in [2.24, 2.45) is 7.05 Å². The number of carboxylic acids is 1.